The monoisotopic (exact) mass is 483 g/mol. The van der Waals surface area contributed by atoms with Crippen molar-refractivity contribution in [3.63, 3.8) is 0 Å². The van der Waals surface area contributed by atoms with E-state index in [1.165, 1.54) is 0 Å². The van der Waals surface area contributed by atoms with Crippen molar-refractivity contribution in [3.8, 4) is 17.5 Å². The Bertz CT molecular complexity index is 886. The SMILES string of the molecule is N#Cc1nn(-c2c(Cl)cc(OC(F)(F)F)cc2Cl)c(CO)c1SC(F)(Cl)Cl. The van der Waals surface area contributed by atoms with Gasteiger partial charge in [-0.3, -0.25) is 0 Å². The fourth-order valence-corrected chi connectivity index (χ4v) is 3.77. The van der Waals surface area contributed by atoms with Gasteiger partial charge in [0.15, 0.2) is 5.69 Å². The molecule has 1 heterocycles. The normalized spacial score (nSPS) is 12.1. The molecule has 0 aliphatic rings. The number of alkyl halides is 6. The summed E-state index contributed by atoms with van der Waals surface area (Å²) in [5.41, 5.74) is -0.697. The molecule has 1 aromatic heterocycles. The fraction of sp³-hybridized carbons (Fsp3) is 0.231. The second-order valence-electron chi connectivity index (χ2n) is 4.64. The van der Waals surface area contributed by atoms with Crippen LogP contribution in [0.5, 0.6) is 5.75 Å². The molecule has 1 N–H and O–H groups in total. The van der Waals surface area contributed by atoms with E-state index in [2.05, 4.69) is 9.84 Å². The topological polar surface area (TPSA) is 71.1 Å². The van der Waals surface area contributed by atoms with Gasteiger partial charge in [0, 0.05) is 12.1 Å². The molecule has 1 aromatic carbocycles. The third kappa shape index (κ3) is 5.47. The number of hydrogen-bond donors (Lipinski definition) is 1. The lowest BCUT2D eigenvalue weighted by Crippen LogP contribution is -2.17. The van der Waals surface area contributed by atoms with Crippen molar-refractivity contribution in [2.75, 3.05) is 0 Å². The van der Waals surface area contributed by atoms with Crippen LogP contribution < -0.4 is 4.74 Å². The van der Waals surface area contributed by atoms with E-state index in [-0.39, 0.29) is 43.8 Å². The Morgan fingerprint density at radius 1 is 1.22 bits per heavy atom. The van der Waals surface area contributed by atoms with Crippen LogP contribution in [0.1, 0.15) is 11.4 Å². The number of aromatic nitrogens is 2. The molecule has 2 rings (SSSR count). The molecule has 0 unspecified atom stereocenters. The molecular weight excluding hydrogens is 480 g/mol. The van der Waals surface area contributed by atoms with Gasteiger partial charge in [0.25, 0.3) is 0 Å². The third-order valence-corrected chi connectivity index (χ3v) is 4.75. The zero-order valence-corrected chi connectivity index (χ0v) is 16.3. The number of rotatable bonds is 5. The third-order valence-electron chi connectivity index (χ3n) is 2.84. The second kappa shape index (κ2) is 8.11. The number of aliphatic hydroxyl groups excluding tert-OH is 1. The highest BCUT2D eigenvalue weighted by molar-refractivity contribution is 8.03. The second-order valence-corrected chi connectivity index (χ2v) is 8.31. The van der Waals surface area contributed by atoms with Crippen LogP contribution in [0.4, 0.5) is 17.6 Å². The van der Waals surface area contributed by atoms with Gasteiger partial charge in [0.2, 0.25) is 0 Å². The molecule has 0 aliphatic carbocycles. The Kier molecular flexibility index (Phi) is 6.67. The lowest BCUT2D eigenvalue weighted by atomic mass is 10.3. The first-order valence-corrected chi connectivity index (χ1v) is 8.83. The van der Waals surface area contributed by atoms with Crippen LogP contribution in [0.25, 0.3) is 5.69 Å². The molecular formula is C13H5Cl4F4N3O2S. The smallest absolute Gasteiger partial charge is 0.406 e. The maximum absolute atomic E-state index is 13.6. The summed E-state index contributed by atoms with van der Waals surface area (Å²) in [4.78, 5) is -0.199. The Morgan fingerprint density at radius 2 is 1.78 bits per heavy atom. The molecule has 0 spiro atoms. The first-order valence-electron chi connectivity index (χ1n) is 6.50. The number of hydrogen-bond acceptors (Lipinski definition) is 5. The van der Waals surface area contributed by atoms with Gasteiger partial charge in [0.05, 0.1) is 27.2 Å². The first-order chi connectivity index (χ1) is 12.4. The van der Waals surface area contributed by atoms with Gasteiger partial charge in [-0.15, -0.1) is 13.2 Å². The van der Waals surface area contributed by atoms with Gasteiger partial charge in [-0.05, 0) is 11.8 Å². The number of nitriles is 1. The number of ether oxygens (including phenoxy) is 1. The van der Waals surface area contributed by atoms with E-state index in [0.717, 1.165) is 16.8 Å². The number of aliphatic hydroxyl groups is 1. The molecule has 0 amide bonds. The van der Waals surface area contributed by atoms with Gasteiger partial charge in [-0.2, -0.15) is 14.8 Å². The predicted octanol–water partition coefficient (Wildman–Crippen LogP) is 5.59. The molecule has 0 atom stereocenters. The maximum Gasteiger partial charge on any atom is 0.573 e. The standard InChI is InChI=1S/C13H5Cl4F4N3O2S/c14-6-1-5(26-13(19,20)21)2-7(15)10(6)24-9(4-25)11(8(3-22)23-24)27-12(16,17)18/h1-2,25H,4H2. The molecule has 14 heteroatoms. The average Bonchev–Trinajstić information content (AvgIpc) is 2.80. The van der Waals surface area contributed by atoms with Crippen molar-refractivity contribution in [2.45, 2.75) is 21.8 Å². The highest BCUT2D eigenvalue weighted by atomic mass is 35.5. The number of thioether (sulfide) groups is 1. The highest BCUT2D eigenvalue weighted by Gasteiger charge is 2.33. The van der Waals surface area contributed by atoms with Crippen molar-refractivity contribution in [1.82, 2.24) is 9.78 Å². The number of halogens is 8. The van der Waals surface area contributed by atoms with Gasteiger partial charge in [0.1, 0.15) is 17.5 Å². The van der Waals surface area contributed by atoms with E-state index in [0.29, 0.717) is 0 Å². The molecule has 0 saturated carbocycles. The first kappa shape index (κ1) is 22.2. The van der Waals surface area contributed by atoms with Gasteiger partial charge < -0.3 is 9.84 Å². The summed E-state index contributed by atoms with van der Waals surface area (Å²) in [6.45, 7) is -0.770. The molecule has 0 radical (unpaired) electrons. The minimum atomic E-state index is -4.97. The van der Waals surface area contributed by atoms with Crippen molar-refractivity contribution in [2.24, 2.45) is 0 Å². The van der Waals surface area contributed by atoms with E-state index < -0.39 is 22.6 Å². The van der Waals surface area contributed by atoms with Crippen molar-refractivity contribution in [1.29, 1.82) is 5.26 Å². The molecule has 0 aliphatic heterocycles. The summed E-state index contributed by atoms with van der Waals surface area (Å²) in [5.74, 6) is -0.696. The molecule has 0 bridgehead atoms. The zero-order valence-electron chi connectivity index (χ0n) is 12.5. The zero-order chi connectivity index (χ0) is 20.6. The summed E-state index contributed by atoms with van der Waals surface area (Å²) in [6.07, 6.45) is -4.97. The van der Waals surface area contributed by atoms with Crippen LogP contribution in [0.3, 0.4) is 0 Å². The number of nitrogens with zero attached hydrogens (tertiary/aromatic N) is 3. The summed E-state index contributed by atoms with van der Waals surface area (Å²) >= 11 is 22.7. The highest BCUT2D eigenvalue weighted by Crippen LogP contribution is 2.45. The van der Waals surface area contributed by atoms with Crippen molar-refractivity contribution in [3.05, 3.63) is 33.6 Å². The largest absolute Gasteiger partial charge is 0.573 e. The molecule has 146 valence electrons. The van der Waals surface area contributed by atoms with Crippen LogP contribution in [0, 0.1) is 11.3 Å². The Hall–Kier alpha value is -1.09. The van der Waals surface area contributed by atoms with Crippen LogP contribution in [-0.2, 0) is 6.61 Å². The summed E-state index contributed by atoms with van der Waals surface area (Å²) < 4.78 is 52.4. The van der Waals surface area contributed by atoms with Crippen LogP contribution in [0.2, 0.25) is 10.0 Å². The molecule has 5 nitrogen and oxygen atoms in total. The van der Waals surface area contributed by atoms with Gasteiger partial charge >= 0.3 is 10.3 Å². The minimum absolute atomic E-state index is 0.159. The van der Waals surface area contributed by atoms with Gasteiger partial charge in [-0.25, -0.2) is 4.68 Å². The molecule has 0 fully saturated rings. The van der Waals surface area contributed by atoms with Crippen LogP contribution in [0.15, 0.2) is 17.0 Å². The van der Waals surface area contributed by atoms with Crippen LogP contribution >= 0.6 is 58.2 Å². The number of benzene rings is 1. The quantitative estimate of drug-likeness (QED) is 0.340. The average molecular weight is 485 g/mol. The minimum Gasteiger partial charge on any atom is -0.406 e. The Labute approximate surface area is 173 Å². The maximum atomic E-state index is 13.6. The molecule has 2 aromatic rings. The van der Waals surface area contributed by atoms with Crippen molar-refractivity contribution >= 4 is 58.2 Å². The Balaban J connectivity index is 2.64. The predicted molar refractivity (Wildman–Crippen MR) is 92.3 cm³/mol. The lowest BCUT2D eigenvalue weighted by molar-refractivity contribution is -0.274. The summed E-state index contributed by atoms with van der Waals surface area (Å²) in [5, 5.41) is 21.9. The lowest BCUT2D eigenvalue weighted by Gasteiger charge is -2.14. The van der Waals surface area contributed by atoms with E-state index >= 15 is 0 Å². The fourth-order valence-electron chi connectivity index (χ4n) is 2.00. The van der Waals surface area contributed by atoms with E-state index in [4.69, 9.17) is 51.7 Å². The van der Waals surface area contributed by atoms with Gasteiger partial charge in [-0.1, -0.05) is 46.4 Å². The van der Waals surface area contributed by atoms with Crippen LogP contribution in [-0.4, -0.2) is 25.2 Å². The summed E-state index contributed by atoms with van der Waals surface area (Å²) in [7, 11) is 0. The van der Waals surface area contributed by atoms with Crippen molar-refractivity contribution < 1.29 is 27.4 Å². The molecule has 0 saturated heterocycles. The van der Waals surface area contributed by atoms with E-state index in [9.17, 15) is 22.7 Å². The molecule has 27 heavy (non-hydrogen) atoms. The summed E-state index contributed by atoms with van der Waals surface area (Å²) in [6, 6.07) is 3.27. The Morgan fingerprint density at radius 3 is 2.19 bits per heavy atom. The van der Waals surface area contributed by atoms with E-state index in [1.807, 2.05) is 0 Å². The van der Waals surface area contributed by atoms with E-state index in [1.54, 1.807) is 6.07 Å².